The molecule has 3 aromatic carbocycles. The van der Waals surface area contributed by atoms with E-state index in [1.54, 1.807) is 0 Å². The van der Waals surface area contributed by atoms with Crippen molar-refractivity contribution in [3.05, 3.63) is 84.4 Å². The zero-order valence-electron chi connectivity index (χ0n) is 15.2. The van der Waals surface area contributed by atoms with Gasteiger partial charge in [0, 0.05) is 0 Å². The zero-order chi connectivity index (χ0) is 17.3. The highest BCUT2D eigenvalue weighted by molar-refractivity contribution is 5.83. The third-order valence-electron chi connectivity index (χ3n) is 4.85. The average Bonchev–Trinajstić information content (AvgIpc) is 2.69. The molecular formula is C25H28. The lowest BCUT2D eigenvalue weighted by atomic mass is 9.93. The second-order valence-electron chi connectivity index (χ2n) is 6.77. The molecule has 0 bridgehead atoms. The van der Waals surface area contributed by atoms with Gasteiger partial charge in [-0.15, -0.1) is 0 Å². The van der Waals surface area contributed by atoms with Gasteiger partial charge in [0.15, 0.2) is 0 Å². The fourth-order valence-corrected chi connectivity index (χ4v) is 3.39. The lowest BCUT2D eigenvalue weighted by Gasteiger charge is -2.11. The van der Waals surface area contributed by atoms with E-state index in [0.717, 1.165) is 0 Å². The Kier molecular flexibility index (Phi) is 6.45. The minimum atomic E-state index is 1.20. The largest absolute Gasteiger partial charge is 0.0654 e. The highest BCUT2D eigenvalue weighted by Crippen LogP contribution is 2.32. The van der Waals surface area contributed by atoms with Crippen LogP contribution >= 0.6 is 0 Å². The first kappa shape index (κ1) is 17.5. The van der Waals surface area contributed by atoms with Crippen LogP contribution in [0.1, 0.15) is 44.6 Å². The van der Waals surface area contributed by atoms with E-state index in [1.165, 1.54) is 66.3 Å². The normalized spacial score (nSPS) is 10.8. The maximum absolute atomic E-state index is 2.30. The molecule has 0 fully saturated rings. The monoisotopic (exact) mass is 328 g/mol. The SMILES string of the molecule is CCCCCCCc1ccc(-c2ccccc2-c2ccccc2)cc1. The molecule has 0 atom stereocenters. The molecule has 0 aliphatic heterocycles. The van der Waals surface area contributed by atoms with Gasteiger partial charge in [0.2, 0.25) is 0 Å². The summed E-state index contributed by atoms with van der Waals surface area (Å²) >= 11 is 0. The number of hydrogen-bond acceptors (Lipinski definition) is 0. The summed E-state index contributed by atoms with van der Waals surface area (Å²) < 4.78 is 0. The molecule has 0 spiro atoms. The van der Waals surface area contributed by atoms with Crippen molar-refractivity contribution in [2.24, 2.45) is 0 Å². The molecule has 0 aliphatic carbocycles. The third kappa shape index (κ3) is 4.82. The van der Waals surface area contributed by atoms with Gasteiger partial charge >= 0.3 is 0 Å². The van der Waals surface area contributed by atoms with E-state index in [-0.39, 0.29) is 0 Å². The Hall–Kier alpha value is -2.34. The van der Waals surface area contributed by atoms with Crippen molar-refractivity contribution in [1.82, 2.24) is 0 Å². The van der Waals surface area contributed by atoms with E-state index in [1.807, 2.05) is 0 Å². The zero-order valence-corrected chi connectivity index (χ0v) is 15.2. The maximum Gasteiger partial charge on any atom is -0.0105 e. The molecule has 0 aliphatic rings. The molecule has 0 amide bonds. The second-order valence-corrected chi connectivity index (χ2v) is 6.77. The summed E-state index contributed by atoms with van der Waals surface area (Å²) in [6.07, 6.45) is 7.92. The van der Waals surface area contributed by atoms with Gasteiger partial charge in [0.1, 0.15) is 0 Å². The topological polar surface area (TPSA) is 0 Å². The van der Waals surface area contributed by atoms with E-state index in [9.17, 15) is 0 Å². The molecule has 3 rings (SSSR count). The van der Waals surface area contributed by atoms with Crippen LogP contribution < -0.4 is 0 Å². The first-order valence-corrected chi connectivity index (χ1v) is 9.62. The summed E-state index contributed by atoms with van der Waals surface area (Å²) in [6, 6.07) is 28.5. The highest BCUT2D eigenvalue weighted by atomic mass is 14.1. The molecule has 128 valence electrons. The predicted octanol–water partition coefficient (Wildman–Crippen LogP) is 7.53. The van der Waals surface area contributed by atoms with E-state index in [0.29, 0.717) is 0 Å². The Morgan fingerprint density at radius 1 is 0.520 bits per heavy atom. The van der Waals surface area contributed by atoms with E-state index in [2.05, 4.69) is 85.8 Å². The Morgan fingerprint density at radius 2 is 1.08 bits per heavy atom. The van der Waals surface area contributed by atoms with Crippen molar-refractivity contribution in [3.63, 3.8) is 0 Å². The van der Waals surface area contributed by atoms with Crippen molar-refractivity contribution >= 4 is 0 Å². The summed E-state index contributed by atoms with van der Waals surface area (Å²) in [5.74, 6) is 0. The Bertz CT molecular complexity index is 754. The highest BCUT2D eigenvalue weighted by Gasteiger charge is 2.06. The summed E-state index contributed by atoms with van der Waals surface area (Å²) in [5.41, 5.74) is 6.64. The second kappa shape index (κ2) is 9.22. The molecule has 25 heavy (non-hydrogen) atoms. The van der Waals surface area contributed by atoms with Crippen LogP contribution in [0.5, 0.6) is 0 Å². The van der Waals surface area contributed by atoms with Crippen molar-refractivity contribution < 1.29 is 0 Å². The molecule has 3 aromatic rings. The molecule has 0 nitrogen and oxygen atoms in total. The van der Waals surface area contributed by atoms with E-state index in [4.69, 9.17) is 0 Å². The lowest BCUT2D eigenvalue weighted by molar-refractivity contribution is 0.632. The van der Waals surface area contributed by atoms with Crippen LogP contribution in [0, 0.1) is 0 Å². The van der Waals surface area contributed by atoms with Gasteiger partial charge in [-0.3, -0.25) is 0 Å². The fourth-order valence-electron chi connectivity index (χ4n) is 3.39. The molecule has 0 radical (unpaired) electrons. The number of unbranched alkanes of at least 4 members (excludes halogenated alkanes) is 4. The predicted molar refractivity (Wildman–Crippen MR) is 110 cm³/mol. The number of rotatable bonds is 8. The maximum atomic E-state index is 2.30. The van der Waals surface area contributed by atoms with Gasteiger partial charge in [-0.2, -0.15) is 0 Å². The first-order chi connectivity index (χ1) is 12.4. The Labute approximate surface area is 152 Å². The first-order valence-electron chi connectivity index (χ1n) is 9.62. The van der Waals surface area contributed by atoms with Crippen LogP contribution in [0.2, 0.25) is 0 Å². The van der Waals surface area contributed by atoms with Gasteiger partial charge < -0.3 is 0 Å². The molecule has 0 heteroatoms. The van der Waals surface area contributed by atoms with Crippen molar-refractivity contribution in [3.8, 4) is 22.3 Å². The molecule has 0 N–H and O–H groups in total. The minimum absolute atomic E-state index is 1.20. The average molecular weight is 328 g/mol. The van der Waals surface area contributed by atoms with Crippen LogP contribution in [0.15, 0.2) is 78.9 Å². The van der Waals surface area contributed by atoms with E-state index >= 15 is 0 Å². The smallest absolute Gasteiger partial charge is 0.0105 e. The molecule has 0 saturated heterocycles. The fraction of sp³-hybridized carbons (Fsp3) is 0.280. The number of aryl methyl sites for hydroxylation is 1. The van der Waals surface area contributed by atoms with Crippen molar-refractivity contribution in [2.75, 3.05) is 0 Å². The summed E-state index contributed by atoms with van der Waals surface area (Å²) in [7, 11) is 0. The van der Waals surface area contributed by atoms with Gasteiger partial charge in [0.05, 0.1) is 0 Å². The van der Waals surface area contributed by atoms with Gasteiger partial charge in [0.25, 0.3) is 0 Å². The quantitative estimate of drug-likeness (QED) is 0.375. The van der Waals surface area contributed by atoms with Gasteiger partial charge in [-0.05, 0) is 40.7 Å². The van der Waals surface area contributed by atoms with Crippen LogP contribution in [0.4, 0.5) is 0 Å². The molecule has 0 aromatic heterocycles. The lowest BCUT2D eigenvalue weighted by Crippen LogP contribution is -1.88. The van der Waals surface area contributed by atoms with Crippen LogP contribution in [-0.4, -0.2) is 0 Å². The minimum Gasteiger partial charge on any atom is -0.0654 e. The van der Waals surface area contributed by atoms with Gasteiger partial charge in [-0.1, -0.05) is 111 Å². The third-order valence-corrected chi connectivity index (χ3v) is 4.85. The van der Waals surface area contributed by atoms with Crippen LogP contribution in [0.25, 0.3) is 22.3 Å². The van der Waals surface area contributed by atoms with E-state index < -0.39 is 0 Å². The van der Waals surface area contributed by atoms with Crippen LogP contribution in [0.3, 0.4) is 0 Å². The molecule has 0 saturated carbocycles. The van der Waals surface area contributed by atoms with Crippen molar-refractivity contribution in [1.29, 1.82) is 0 Å². The Balaban J connectivity index is 1.73. The molecule has 0 heterocycles. The summed E-state index contributed by atoms with van der Waals surface area (Å²) in [4.78, 5) is 0. The standard InChI is InChI=1S/C25H28/c1-2-3-4-5-7-12-21-17-19-23(20-18-21)25-16-11-10-15-24(25)22-13-8-6-9-14-22/h6,8-11,13-20H,2-5,7,12H2,1H3. The molecule has 0 unspecified atom stereocenters. The van der Waals surface area contributed by atoms with Crippen LogP contribution in [-0.2, 0) is 6.42 Å². The number of hydrogen-bond donors (Lipinski definition) is 0. The van der Waals surface area contributed by atoms with Gasteiger partial charge in [-0.25, -0.2) is 0 Å². The summed E-state index contributed by atoms with van der Waals surface area (Å²) in [6.45, 7) is 2.27. The summed E-state index contributed by atoms with van der Waals surface area (Å²) in [5, 5.41) is 0. The number of benzene rings is 3. The molecular weight excluding hydrogens is 300 g/mol. The van der Waals surface area contributed by atoms with Crippen molar-refractivity contribution in [2.45, 2.75) is 45.4 Å². The Morgan fingerprint density at radius 3 is 1.72 bits per heavy atom.